The summed E-state index contributed by atoms with van der Waals surface area (Å²) in [7, 11) is 1.31. The van der Waals surface area contributed by atoms with E-state index in [1.54, 1.807) is 47.4 Å². The summed E-state index contributed by atoms with van der Waals surface area (Å²) in [6, 6.07) is 14.2. The van der Waals surface area contributed by atoms with Crippen molar-refractivity contribution in [2.45, 2.75) is 19.9 Å². The predicted octanol–water partition coefficient (Wildman–Crippen LogP) is 5.58. The summed E-state index contributed by atoms with van der Waals surface area (Å²) in [6.07, 6.45) is 0.300. The van der Waals surface area contributed by atoms with Crippen LogP contribution in [0.5, 0.6) is 0 Å². The van der Waals surface area contributed by atoms with Crippen molar-refractivity contribution < 1.29 is 23.9 Å². The third kappa shape index (κ3) is 4.57. The fourth-order valence-corrected chi connectivity index (χ4v) is 6.49. The van der Waals surface area contributed by atoms with Gasteiger partial charge in [0.15, 0.2) is 0 Å². The molecule has 0 aliphatic carbocycles. The van der Waals surface area contributed by atoms with Crippen molar-refractivity contribution in [1.29, 1.82) is 0 Å². The number of methoxy groups -OCH3 is 1. The van der Waals surface area contributed by atoms with Crippen LogP contribution in [0.1, 0.15) is 38.1 Å². The molecule has 0 radical (unpaired) electrons. The fourth-order valence-electron chi connectivity index (χ4n) is 4.12. The molecule has 5 rings (SSSR count). The SMILES string of the molecule is CCOC(=O)N1CCc2c(sc(NC(=O)c3ccc(C(=O)OC)cc3)c2-c2nc3ccccc3s2)C1. The van der Waals surface area contributed by atoms with Crippen molar-refractivity contribution in [1.82, 2.24) is 9.88 Å². The number of aromatic nitrogens is 1. The molecule has 0 unspecified atom stereocenters. The monoisotopic (exact) mass is 521 g/mol. The van der Waals surface area contributed by atoms with E-state index in [0.717, 1.165) is 31.2 Å². The normalized spacial score (nSPS) is 12.8. The lowest BCUT2D eigenvalue weighted by Gasteiger charge is -2.26. The number of nitrogens with one attached hydrogen (secondary N) is 1. The van der Waals surface area contributed by atoms with Gasteiger partial charge < -0.3 is 19.7 Å². The number of nitrogens with zero attached hydrogens (tertiary/aromatic N) is 2. The number of fused-ring (bicyclic) bond motifs is 2. The van der Waals surface area contributed by atoms with Gasteiger partial charge in [-0.05, 0) is 55.3 Å². The fraction of sp³-hybridized carbons (Fsp3) is 0.231. The summed E-state index contributed by atoms with van der Waals surface area (Å²) >= 11 is 3.03. The summed E-state index contributed by atoms with van der Waals surface area (Å²) < 4.78 is 11.0. The lowest BCUT2D eigenvalue weighted by Crippen LogP contribution is -2.35. The lowest BCUT2D eigenvalue weighted by atomic mass is 10.0. The van der Waals surface area contributed by atoms with Crippen LogP contribution < -0.4 is 5.32 Å². The van der Waals surface area contributed by atoms with Crippen LogP contribution in [0.3, 0.4) is 0 Å². The van der Waals surface area contributed by atoms with Crippen LogP contribution in [-0.4, -0.2) is 48.1 Å². The minimum Gasteiger partial charge on any atom is -0.465 e. The second-order valence-corrected chi connectivity index (χ2v) is 10.2. The van der Waals surface area contributed by atoms with Crippen molar-refractivity contribution in [2.75, 3.05) is 25.6 Å². The Balaban J connectivity index is 1.50. The number of carbonyl (C=O) groups is 3. The number of hydrogen-bond donors (Lipinski definition) is 1. The van der Waals surface area contributed by atoms with Gasteiger partial charge in [-0.25, -0.2) is 14.6 Å². The number of benzene rings is 2. The Kier molecular flexibility index (Phi) is 6.71. The molecule has 1 aliphatic heterocycles. The molecule has 4 aromatic rings. The molecule has 2 aromatic heterocycles. The van der Waals surface area contributed by atoms with Crippen LogP contribution in [0.15, 0.2) is 48.5 Å². The number of thiazole rings is 1. The van der Waals surface area contributed by atoms with Crippen LogP contribution >= 0.6 is 22.7 Å². The van der Waals surface area contributed by atoms with E-state index in [1.807, 2.05) is 24.3 Å². The molecule has 36 heavy (non-hydrogen) atoms. The minimum atomic E-state index is -0.461. The number of esters is 1. The van der Waals surface area contributed by atoms with Crippen molar-refractivity contribution in [3.8, 4) is 10.6 Å². The number of hydrogen-bond acceptors (Lipinski definition) is 8. The van der Waals surface area contributed by atoms with E-state index >= 15 is 0 Å². The van der Waals surface area contributed by atoms with Crippen molar-refractivity contribution in [2.24, 2.45) is 0 Å². The third-order valence-electron chi connectivity index (χ3n) is 5.89. The summed E-state index contributed by atoms with van der Waals surface area (Å²) in [5, 5.41) is 4.57. The Labute approximate surface area is 215 Å². The Morgan fingerprint density at radius 1 is 1.06 bits per heavy atom. The molecule has 1 aliphatic rings. The highest BCUT2D eigenvalue weighted by Gasteiger charge is 2.30. The van der Waals surface area contributed by atoms with Crippen LogP contribution in [0.4, 0.5) is 9.80 Å². The zero-order valence-corrected chi connectivity index (χ0v) is 21.3. The molecule has 3 heterocycles. The summed E-state index contributed by atoms with van der Waals surface area (Å²) in [6.45, 7) is 3.05. The number of rotatable bonds is 5. The van der Waals surface area contributed by atoms with Gasteiger partial charge in [0.1, 0.15) is 10.0 Å². The van der Waals surface area contributed by atoms with Gasteiger partial charge in [-0.3, -0.25) is 4.79 Å². The Bertz CT molecular complexity index is 1430. The van der Waals surface area contributed by atoms with E-state index in [4.69, 9.17) is 14.5 Å². The highest BCUT2D eigenvalue weighted by molar-refractivity contribution is 7.23. The molecule has 1 N–H and O–H groups in total. The first-order valence-corrected chi connectivity index (χ1v) is 13.0. The molecule has 184 valence electrons. The van der Waals surface area contributed by atoms with Crippen LogP contribution in [-0.2, 0) is 22.4 Å². The van der Waals surface area contributed by atoms with E-state index in [1.165, 1.54) is 18.4 Å². The van der Waals surface area contributed by atoms with Gasteiger partial charge in [-0.2, -0.15) is 0 Å². The second-order valence-electron chi connectivity index (χ2n) is 8.09. The first-order chi connectivity index (χ1) is 17.5. The maximum Gasteiger partial charge on any atom is 0.410 e. The topological polar surface area (TPSA) is 97.8 Å². The average molecular weight is 522 g/mol. The molecule has 2 aromatic carbocycles. The van der Waals surface area contributed by atoms with Gasteiger partial charge in [-0.1, -0.05) is 12.1 Å². The quantitative estimate of drug-likeness (QED) is 0.345. The molecular formula is C26H23N3O5S2. The van der Waals surface area contributed by atoms with Crippen molar-refractivity contribution >= 4 is 55.9 Å². The summed E-state index contributed by atoms with van der Waals surface area (Å²) in [5.74, 6) is -0.758. The smallest absolute Gasteiger partial charge is 0.410 e. The third-order valence-corrected chi connectivity index (χ3v) is 8.07. The molecule has 0 atom stereocenters. The Hall–Kier alpha value is -3.76. The van der Waals surface area contributed by atoms with Gasteiger partial charge in [-0.15, -0.1) is 22.7 Å². The molecule has 0 spiro atoms. The predicted molar refractivity (Wildman–Crippen MR) is 140 cm³/mol. The lowest BCUT2D eigenvalue weighted by molar-refractivity contribution is 0.0600. The van der Waals surface area contributed by atoms with E-state index in [-0.39, 0.29) is 12.0 Å². The summed E-state index contributed by atoms with van der Waals surface area (Å²) in [4.78, 5) is 44.8. The molecule has 0 fully saturated rings. The maximum absolute atomic E-state index is 13.2. The van der Waals surface area contributed by atoms with E-state index in [0.29, 0.717) is 42.2 Å². The van der Waals surface area contributed by atoms with E-state index in [2.05, 4.69) is 5.32 Å². The number of amides is 2. The highest BCUT2D eigenvalue weighted by atomic mass is 32.1. The number of ether oxygens (including phenoxy) is 2. The number of anilines is 1. The molecule has 2 amide bonds. The van der Waals surface area contributed by atoms with Gasteiger partial charge >= 0.3 is 12.1 Å². The minimum absolute atomic E-state index is 0.297. The Morgan fingerprint density at radius 2 is 1.81 bits per heavy atom. The standard InChI is InChI=1S/C26H23N3O5S2/c1-3-34-26(32)29-13-12-17-20(14-29)36-24(21(17)23-27-18-6-4-5-7-19(18)35-23)28-22(30)15-8-10-16(11-9-15)25(31)33-2/h4-11H,3,12-14H2,1-2H3,(H,28,30). The van der Waals surface area contributed by atoms with Crippen LogP contribution in [0.25, 0.3) is 20.8 Å². The van der Waals surface area contributed by atoms with Gasteiger partial charge in [0.25, 0.3) is 5.91 Å². The van der Waals surface area contributed by atoms with Crippen LogP contribution in [0.2, 0.25) is 0 Å². The van der Waals surface area contributed by atoms with E-state index < -0.39 is 5.97 Å². The van der Waals surface area contributed by atoms with Crippen molar-refractivity contribution in [3.63, 3.8) is 0 Å². The highest BCUT2D eigenvalue weighted by Crippen LogP contribution is 2.45. The van der Waals surface area contributed by atoms with E-state index in [9.17, 15) is 14.4 Å². The van der Waals surface area contributed by atoms with Crippen LogP contribution in [0, 0.1) is 0 Å². The molecular weight excluding hydrogens is 498 g/mol. The average Bonchev–Trinajstić information content (AvgIpc) is 3.48. The number of thiophene rings is 1. The second kappa shape index (κ2) is 10.1. The largest absolute Gasteiger partial charge is 0.465 e. The van der Waals surface area contributed by atoms with Crippen molar-refractivity contribution in [3.05, 3.63) is 70.1 Å². The molecule has 10 heteroatoms. The first kappa shape index (κ1) is 24.0. The van der Waals surface area contributed by atoms with Gasteiger partial charge in [0, 0.05) is 22.5 Å². The zero-order valence-electron chi connectivity index (χ0n) is 19.7. The molecule has 0 bridgehead atoms. The summed E-state index contributed by atoms with van der Waals surface area (Å²) in [5.41, 5.74) is 3.68. The van der Waals surface area contributed by atoms with Gasteiger partial charge in [0.05, 0.1) is 36.0 Å². The Morgan fingerprint density at radius 3 is 2.53 bits per heavy atom. The molecule has 8 nitrogen and oxygen atoms in total. The molecule has 0 saturated heterocycles. The number of para-hydroxylation sites is 1. The first-order valence-electron chi connectivity index (χ1n) is 11.4. The van der Waals surface area contributed by atoms with Gasteiger partial charge in [0.2, 0.25) is 0 Å². The zero-order chi connectivity index (χ0) is 25.2. The molecule has 0 saturated carbocycles. The number of carbonyl (C=O) groups excluding carboxylic acids is 3. The maximum atomic E-state index is 13.2.